The van der Waals surface area contributed by atoms with Gasteiger partial charge >= 0.3 is 0 Å². The van der Waals surface area contributed by atoms with Gasteiger partial charge in [-0.15, -0.1) is 0 Å². The first kappa shape index (κ1) is 10.9. The summed E-state index contributed by atoms with van der Waals surface area (Å²) < 4.78 is 4.85. The van der Waals surface area contributed by atoms with Gasteiger partial charge in [-0.3, -0.25) is 0 Å². The van der Waals surface area contributed by atoms with E-state index in [-0.39, 0.29) is 0 Å². The normalized spacial score (nSPS) is 16.9. The van der Waals surface area contributed by atoms with Crippen LogP contribution in [0.5, 0.6) is 0 Å². The second-order valence-electron chi connectivity index (χ2n) is 3.47. The lowest BCUT2D eigenvalue weighted by Crippen LogP contribution is -2.43. The molecule has 1 atom stereocenters. The molecule has 1 unspecified atom stereocenters. The van der Waals surface area contributed by atoms with E-state index in [1.54, 1.807) is 14.0 Å². The highest BCUT2D eigenvalue weighted by Crippen LogP contribution is 2.01. The number of methoxy groups -OCH3 is 1. The second kappa shape index (κ2) is 4.70. The maximum Gasteiger partial charge on any atom is 0.0975 e. The van der Waals surface area contributed by atoms with E-state index >= 15 is 0 Å². The predicted molar refractivity (Wildman–Crippen MR) is 45.6 cm³/mol. The van der Waals surface area contributed by atoms with Gasteiger partial charge in [0, 0.05) is 19.7 Å². The minimum Gasteiger partial charge on any atom is -0.386 e. The maximum absolute atomic E-state index is 9.58. The fourth-order valence-corrected chi connectivity index (χ4v) is 0.786. The van der Waals surface area contributed by atoms with Gasteiger partial charge in [0.05, 0.1) is 12.2 Å². The number of rotatable bonds is 5. The van der Waals surface area contributed by atoms with Crippen LogP contribution in [-0.2, 0) is 4.74 Å². The third-order valence-corrected chi connectivity index (χ3v) is 1.35. The lowest BCUT2D eigenvalue weighted by Gasteiger charge is -2.23. The van der Waals surface area contributed by atoms with Crippen LogP contribution in [0.15, 0.2) is 0 Å². The fourth-order valence-electron chi connectivity index (χ4n) is 0.786. The van der Waals surface area contributed by atoms with Gasteiger partial charge in [0.25, 0.3) is 0 Å². The first-order chi connectivity index (χ1) is 4.98. The van der Waals surface area contributed by atoms with E-state index < -0.39 is 5.60 Å². The van der Waals surface area contributed by atoms with Crippen molar-refractivity contribution in [2.45, 2.75) is 32.4 Å². The molecule has 0 heterocycles. The summed E-state index contributed by atoms with van der Waals surface area (Å²) in [5, 5.41) is 12.7. The first-order valence-corrected chi connectivity index (χ1v) is 3.92. The van der Waals surface area contributed by atoms with E-state index in [2.05, 4.69) is 5.32 Å². The van der Waals surface area contributed by atoms with Gasteiger partial charge in [0.1, 0.15) is 0 Å². The standard InChI is InChI=1S/C8H19NO2/c1-7(2)9-5-8(3,10)6-11-4/h7,9-10H,5-6H2,1-4H3. The van der Waals surface area contributed by atoms with Crippen molar-refractivity contribution >= 4 is 0 Å². The number of hydrogen-bond donors (Lipinski definition) is 2. The lowest BCUT2D eigenvalue weighted by molar-refractivity contribution is -0.0165. The minimum atomic E-state index is -0.751. The Hall–Kier alpha value is -0.120. The Kier molecular flexibility index (Phi) is 4.65. The summed E-state index contributed by atoms with van der Waals surface area (Å²) in [5.74, 6) is 0. The number of ether oxygens (including phenoxy) is 1. The molecular weight excluding hydrogens is 142 g/mol. The molecule has 0 fully saturated rings. The van der Waals surface area contributed by atoms with Crippen molar-refractivity contribution in [1.29, 1.82) is 0 Å². The monoisotopic (exact) mass is 161 g/mol. The predicted octanol–water partition coefficient (Wildman–Crippen LogP) is 0.382. The highest BCUT2D eigenvalue weighted by Gasteiger charge is 2.19. The average molecular weight is 161 g/mol. The van der Waals surface area contributed by atoms with Crippen LogP contribution < -0.4 is 5.32 Å². The molecule has 0 aliphatic carbocycles. The largest absolute Gasteiger partial charge is 0.386 e. The minimum absolute atomic E-state index is 0.368. The summed E-state index contributed by atoms with van der Waals surface area (Å²) in [7, 11) is 1.59. The Labute approximate surface area is 68.8 Å². The van der Waals surface area contributed by atoms with Gasteiger partial charge in [0.2, 0.25) is 0 Å². The molecule has 0 aromatic carbocycles. The van der Waals surface area contributed by atoms with E-state index in [4.69, 9.17) is 4.74 Å². The van der Waals surface area contributed by atoms with Crippen LogP contribution in [0.2, 0.25) is 0 Å². The molecule has 0 aromatic heterocycles. The molecule has 2 N–H and O–H groups in total. The van der Waals surface area contributed by atoms with Crippen LogP contribution in [0.25, 0.3) is 0 Å². The van der Waals surface area contributed by atoms with Crippen molar-refractivity contribution in [1.82, 2.24) is 5.32 Å². The lowest BCUT2D eigenvalue weighted by atomic mass is 10.1. The number of aliphatic hydroxyl groups is 1. The summed E-state index contributed by atoms with van der Waals surface area (Å²) in [6, 6.07) is 0.401. The highest BCUT2D eigenvalue weighted by molar-refractivity contribution is 4.75. The Balaban J connectivity index is 3.54. The second-order valence-corrected chi connectivity index (χ2v) is 3.47. The van der Waals surface area contributed by atoms with E-state index in [1.165, 1.54) is 0 Å². The summed E-state index contributed by atoms with van der Waals surface area (Å²) in [6.45, 7) is 6.78. The summed E-state index contributed by atoms with van der Waals surface area (Å²) in [5.41, 5.74) is -0.751. The smallest absolute Gasteiger partial charge is 0.0975 e. The van der Waals surface area contributed by atoms with Gasteiger partial charge in [-0.25, -0.2) is 0 Å². The number of hydrogen-bond acceptors (Lipinski definition) is 3. The quantitative estimate of drug-likeness (QED) is 0.612. The molecule has 0 saturated heterocycles. The molecule has 0 aliphatic heterocycles. The average Bonchev–Trinajstić information content (AvgIpc) is 1.84. The van der Waals surface area contributed by atoms with Crippen molar-refractivity contribution < 1.29 is 9.84 Å². The van der Waals surface area contributed by atoms with Crippen molar-refractivity contribution in [2.75, 3.05) is 20.3 Å². The van der Waals surface area contributed by atoms with Crippen LogP contribution >= 0.6 is 0 Å². The summed E-state index contributed by atoms with van der Waals surface area (Å²) in [4.78, 5) is 0. The van der Waals surface area contributed by atoms with Crippen molar-refractivity contribution in [3.05, 3.63) is 0 Å². The molecule has 0 amide bonds. The van der Waals surface area contributed by atoms with Gasteiger partial charge in [-0.1, -0.05) is 13.8 Å². The maximum atomic E-state index is 9.58. The van der Waals surface area contributed by atoms with Crippen molar-refractivity contribution in [2.24, 2.45) is 0 Å². The summed E-state index contributed by atoms with van der Waals surface area (Å²) in [6.07, 6.45) is 0. The van der Waals surface area contributed by atoms with Gasteiger partial charge in [-0.05, 0) is 6.92 Å². The Morgan fingerprint density at radius 1 is 1.55 bits per heavy atom. The van der Waals surface area contributed by atoms with Crippen LogP contribution in [0.1, 0.15) is 20.8 Å². The zero-order chi connectivity index (χ0) is 8.91. The topological polar surface area (TPSA) is 41.5 Å². The molecule has 11 heavy (non-hydrogen) atoms. The molecule has 0 bridgehead atoms. The van der Waals surface area contributed by atoms with Gasteiger partial charge < -0.3 is 15.2 Å². The van der Waals surface area contributed by atoms with E-state index in [0.717, 1.165) is 0 Å². The van der Waals surface area contributed by atoms with Crippen LogP contribution in [0, 0.1) is 0 Å². The molecule has 3 heteroatoms. The van der Waals surface area contributed by atoms with Crippen LogP contribution in [0.4, 0.5) is 0 Å². The highest BCUT2D eigenvalue weighted by atomic mass is 16.5. The molecule has 0 aliphatic rings. The van der Waals surface area contributed by atoms with E-state index in [9.17, 15) is 5.11 Å². The van der Waals surface area contributed by atoms with Gasteiger partial charge in [-0.2, -0.15) is 0 Å². The van der Waals surface area contributed by atoms with E-state index in [0.29, 0.717) is 19.2 Å². The summed E-state index contributed by atoms with van der Waals surface area (Å²) >= 11 is 0. The third-order valence-electron chi connectivity index (χ3n) is 1.35. The number of nitrogens with one attached hydrogen (secondary N) is 1. The molecule has 3 nitrogen and oxygen atoms in total. The third kappa shape index (κ3) is 6.28. The van der Waals surface area contributed by atoms with Crippen LogP contribution in [0.3, 0.4) is 0 Å². The molecule has 68 valence electrons. The van der Waals surface area contributed by atoms with Crippen molar-refractivity contribution in [3.8, 4) is 0 Å². The Morgan fingerprint density at radius 2 is 2.09 bits per heavy atom. The van der Waals surface area contributed by atoms with Crippen molar-refractivity contribution in [3.63, 3.8) is 0 Å². The van der Waals surface area contributed by atoms with Gasteiger partial charge in [0.15, 0.2) is 0 Å². The Bertz CT molecular complexity index is 102. The Morgan fingerprint density at radius 3 is 2.45 bits per heavy atom. The molecule has 0 spiro atoms. The molecule has 0 rings (SSSR count). The molecular formula is C8H19NO2. The SMILES string of the molecule is COCC(C)(O)CNC(C)C. The molecule has 0 radical (unpaired) electrons. The zero-order valence-electron chi connectivity index (χ0n) is 7.85. The molecule has 0 aromatic rings. The first-order valence-electron chi connectivity index (χ1n) is 3.92. The fraction of sp³-hybridized carbons (Fsp3) is 1.00. The molecule has 0 saturated carbocycles. The van der Waals surface area contributed by atoms with Crippen LogP contribution in [-0.4, -0.2) is 37.0 Å². The zero-order valence-corrected chi connectivity index (χ0v) is 7.85. The van der Waals surface area contributed by atoms with E-state index in [1.807, 2.05) is 13.8 Å².